The number of carbonyl (C=O) groups excluding carboxylic acids is 1. The molecule has 2 atom stereocenters. The van der Waals surface area contributed by atoms with Gasteiger partial charge >= 0.3 is 0 Å². The molecule has 0 aromatic heterocycles. The number of rotatable bonds is 5. The molecule has 3 rings (SSSR count). The average Bonchev–Trinajstić information content (AvgIpc) is 3.25. The van der Waals surface area contributed by atoms with Gasteiger partial charge in [-0.05, 0) is 43.4 Å². The zero-order valence-electron chi connectivity index (χ0n) is 15.0. The molecule has 0 bridgehead atoms. The summed E-state index contributed by atoms with van der Waals surface area (Å²) in [5.74, 6) is 1.17. The van der Waals surface area contributed by atoms with Gasteiger partial charge in [-0.2, -0.15) is 0 Å². The van der Waals surface area contributed by atoms with Crippen LogP contribution in [-0.2, 0) is 16.1 Å². The molecular formula is C19H28N2O3. The lowest BCUT2D eigenvalue weighted by Crippen LogP contribution is -2.44. The molecule has 5 heteroatoms. The standard InChI is InChI=1S/C19H28N2O3/c1-14-6-7-15(10-18(14)24-3)12-21-13-16(23-2)11-17(21)19(22)20-8-4-5-9-20/h6-7,10,16-17H,4-5,8-9,11-13H2,1-3H3/t16-,17-/m0/s1. The molecule has 1 aromatic rings. The Morgan fingerprint density at radius 2 is 2.00 bits per heavy atom. The Labute approximate surface area is 144 Å². The SMILES string of the molecule is COc1cc(CN2C[C@@H](OC)C[C@H]2C(=O)N2CCCC2)ccc1C. The summed E-state index contributed by atoms with van der Waals surface area (Å²) in [5.41, 5.74) is 2.30. The van der Waals surface area contributed by atoms with Crippen molar-refractivity contribution in [2.45, 2.75) is 44.9 Å². The molecule has 1 amide bonds. The summed E-state index contributed by atoms with van der Waals surface area (Å²) in [7, 11) is 3.43. The molecule has 132 valence electrons. The average molecular weight is 332 g/mol. The van der Waals surface area contributed by atoms with Crippen molar-refractivity contribution in [3.05, 3.63) is 29.3 Å². The van der Waals surface area contributed by atoms with Crippen molar-refractivity contribution in [3.8, 4) is 5.75 Å². The zero-order valence-corrected chi connectivity index (χ0v) is 15.0. The van der Waals surface area contributed by atoms with Crippen LogP contribution >= 0.6 is 0 Å². The minimum atomic E-state index is -0.0691. The second-order valence-electron chi connectivity index (χ2n) is 6.88. The van der Waals surface area contributed by atoms with Crippen molar-refractivity contribution >= 4 is 5.91 Å². The highest BCUT2D eigenvalue weighted by Crippen LogP contribution is 2.27. The lowest BCUT2D eigenvalue weighted by molar-refractivity contribution is -0.135. The largest absolute Gasteiger partial charge is 0.496 e. The number of nitrogens with zero attached hydrogens (tertiary/aromatic N) is 2. The molecule has 2 aliphatic rings. The topological polar surface area (TPSA) is 42.0 Å². The van der Waals surface area contributed by atoms with Gasteiger partial charge in [0.1, 0.15) is 5.75 Å². The van der Waals surface area contributed by atoms with Crippen LogP contribution in [0.25, 0.3) is 0 Å². The van der Waals surface area contributed by atoms with E-state index in [1.54, 1.807) is 14.2 Å². The fraction of sp³-hybridized carbons (Fsp3) is 0.632. The van der Waals surface area contributed by atoms with Crippen LogP contribution in [0.2, 0.25) is 0 Å². The number of hydrogen-bond donors (Lipinski definition) is 0. The van der Waals surface area contributed by atoms with Crippen LogP contribution in [0.1, 0.15) is 30.4 Å². The predicted molar refractivity (Wildman–Crippen MR) is 93.2 cm³/mol. The van der Waals surface area contributed by atoms with E-state index in [1.807, 2.05) is 11.8 Å². The Morgan fingerprint density at radius 1 is 1.25 bits per heavy atom. The van der Waals surface area contributed by atoms with Gasteiger partial charge in [-0.15, -0.1) is 0 Å². The molecule has 0 N–H and O–H groups in total. The van der Waals surface area contributed by atoms with Gasteiger partial charge in [0.15, 0.2) is 0 Å². The number of benzene rings is 1. The van der Waals surface area contributed by atoms with Crippen molar-refractivity contribution in [3.63, 3.8) is 0 Å². The maximum absolute atomic E-state index is 12.9. The van der Waals surface area contributed by atoms with Crippen molar-refractivity contribution in [1.29, 1.82) is 0 Å². The first-order valence-electron chi connectivity index (χ1n) is 8.81. The number of ether oxygens (including phenoxy) is 2. The van der Waals surface area contributed by atoms with Crippen LogP contribution in [0.3, 0.4) is 0 Å². The molecule has 5 nitrogen and oxygen atoms in total. The van der Waals surface area contributed by atoms with Crippen LogP contribution < -0.4 is 4.74 Å². The fourth-order valence-corrected chi connectivity index (χ4v) is 3.81. The maximum Gasteiger partial charge on any atom is 0.240 e. The summed E-state index contributed by atoms with van der Waals surface area (Å²) in [5, 5.41) is 0. The van der Waals surface area contributed by atoms with Gasteiger partial charge < -0.3 is 14.4 Å². The summed E-state index contributed by atoms with van der Waals surface area (Å²) in [6, 6.07) is 6.21. The second-order valence-corrected chi connectivity index (χ2v) is 6.88. The van der Waals surface area contributed by atoms with Gasteiger partial charge in [0, 0.05) is 33.3 Å². The number of aryl methyl sites for hydroxylation is 1. The van der Waals surface area contributed by atoms with Gasteiger partial charge in [-0.3, -0.25) is 9.69 Å². The van der Waals surface area contributed by atoms with E-state index in [0.717, 1.165) is 56.8 Å². The zero-order chi connectivity index (χ0) is 17.1. The van der Waals surface area contributed by atoms with Gasteiger partial charge in [0.05, 0.1) is 19.3 Å². The van der Waals surface area contributed by atoms with Crippen LogP contribution in [0.4, 0.5) is 0 Å². The number of methoxy groups -OCH3 is 2. The molecule has 0 unspecified atom stereocenters. The van der Waals surface area contributed by atoms with Gasteiger partial charge in [0.2, 0.25) is 5.91 Å². The predicted octanol–water partition coefficient (Wildman–Crippen LogP) is 2.22. The lowest BCUT2D eigenvalue weighted by Gasteiger charge is -2.27. The minimum Gasteiger partial charge on any atom is -0.496 e. The third-order valence-corrected chi connectivity index (χ3v) is 5.26. The molecule has 2 aliphatic heterocycles. The van der Waals surface area contributed by atoms with E-state index in [0.29, 0.717) is 0 Å². The second kappa shape index (κ2) is 7.53. The lowest BCUT2D eigenvalue weighted by atomic mass is 10.1. The van der Waals surface area contributed by atoms with Gasteiger partial charge in [-0.25, -0.2) is 0 Å². The molecular weight excluding hydrogens is 304 g/mol. The van der Waals surface area contributed by atoms with Crippen molar-refractivity contribution in [2.24, 2.45) is 0 Å². The Hall–Kier alpha value is -1.59. The molecule has 2 fully saturated rings. The van der Waals surface area contributed by atoms with Crippen molar-refractivity contribution in [1.82, 2.24) is 9.80 Å². The highest BCUT2D eigenvalue weighted by Gasteiger charge is 2.39. The smallest absolute Gasteiger partial charge is 0.240 e. The quantitative estimate of drug-likeness (QED) is 0.829. The highest BCUT2D eigenvalue weighted by atomic mass is 16.5. The van der Waals surface area contributed by atoms with E-state index in [-0.39, 0.29) is 18.1 Å². The first-order valence-corrected chi connectivity index (χ1v) is 8.81. The minimum absolute atomic E-state index is 0.0691. The van der Waals surface area contributed by atoms with Crippen LogP contribution in [0.15, 0.2) is 18.2 Å². The summed E-state index contributed by atoms with van der Waals surface area (Å²) in [6.07, 6.45) is 3.17. The summed E-state index contributed by atoms with van der Waals surface area (Å²) >= 11 is 0. The molecule has 0 aliphatic carbocycles. The molecule has 0 spiro atoms. The maximum atomic E-state index is 12.9. The van der Waals surface area contributed by atoms with Crippen molar-refractivity contribution < 1.29 is 14.3 Å². The monoisotopic (exact) mass is 332 g/mol. The normalized spacial score (nSPS) is 24.5. The number of carbonyl (C=O) groups is 1. The Balaban J connectivity index is 1.74. The molecule has 24 heavy (non-hydrogen) atoms. The molecule has 1 aromatic carbocycles. The van der Waals surface area contributed by atoms with Crippen LogP contribution in [0.5, 0.6) is 5.75 Å². The Morgan fingerprint density at radius 3 is 2.67 bits per heavy atom. The molecule has 2 saturated heterocycles. The summed E-state index contributed by atoms with van der Waals surface area (Å²) in [6.45, 7) is 5.40. The first-order chi connectivity index (χ1) is 11.6. The number of amides is 1. The fourth-order valence-electron chi connectivity index (χ4n) is 3.81. The van der Waals surface area contributed by atoms with E-state index in [2.05, 4.69) is 23.1 Å². The van der Waals surface area contributed by atoms with E-state index >= 15 is 0 Å². The number of likely N-dealkylation sites (tertiary alicyclic amines) is 2. The van der Waals surface area contributed by atoms with E-state index in [9.17, 15) is 4.79 Å². The highest BCUT2D eigenvalue weighted by molar-refractivity contribution is 5.82. The van der Waals surface area contributed by atoms with Crippen LogP contribution in [-0.4, -0.2) is 61.7 Å². The van der Waals surface area contributed by atoms with Gasteiger partial charge in [-0.1, -0.05) is 12.1 Å². The van der Waals surface area contributed by atoms with Gasteiger partial charge in [0.25, 0.3) is 0 Å². The van der Waals surface area contributed by atoms with E-state index in [4.69, 9.17) is 9.47 Å². The summed E-state index contributed by atoms with van der Waals surface area (Å²) in [4.78, 5) is 17.2. The third-order valence-electron chi connectivity index (χ3n) is 5.26. The number of hydrogen-bond acceptors (Lipinski definition) is 4. The third kappa shape index (κ3) is 3.57. The Kier molecular flexibility index (Phi) is 5.41. The van der Waals surface area contributed by atoms with E-state index < -0.39 is 0 Å². The van der Waals surface area contributed by atoms with E-state index in [1.165, 1.54) is 5.56 Å². The van der Waals surface area contributed by atoms with Crippen LogP contribution in [0, 0.1) is 6.92 Å². The van der Waals surface area contributed by atoms with Crippen molar-refractivity contribution in [2.75, 3.05) is 33.9 Å². The molecule has 2 heterocycles. The molecule has 0 radical (unpaired) electrons. The summed E-state index contributed by atoms with van der Waals surface area (Å²) < 4.78 is 11.0. The first kappa shape index (κ1) is 17.2. The Bertz CT molecular complexity index is 584. The molecule has 0 saturated carbocycles.